The van der Waals surface area contributed by atoms with E-state index in [0.29, 0.717) is 0 Å². The van der Waals surface area contributed by atoms with Gasteiger partial charge in [0, 0.05) is 29.2 Å². The number of hydrogen-bond donors (Lipinski definition) is 0. The molecule has 0 aliphatic rings. The molecule has 0 spiro atoms. The van der Waals surface area contributed by atoms with Gasteiger partial charge in [-0.1, -0.05) is 86.3 Å². The average molecular weight is 390 g/mol. The Bertz CT molecular complexity index is 1160. The fraction of sp³-hybridized carbons (Fsp3) is 0.0385. The fourth-order valence-electron chi connectivity index (χ4n) is 3.41. The van der Waals surface area contributed by atoms with Crippen LogP contribution in [0.25, 0.3) is 39.6 Å². The van der Waals surface area contributed by atoms with Gasteiger partial charge in [-0.3, -0.25) is 9.55 Å². The first kappa shape index (κ1) is 19.3. The van der Waals surface area contributed by atoms with Crippen LogP contribution in [-0.2, 0) is 0 Å². The van der Waals surface area contributed by atoms with Gasteiger partial charge in [-0.15, -0.1) is 10.2 Å². The molecular formula is C26H22N4. The molecule has 4 heteroatoms. The van der Waals surface area contributed by atoms with Crippen molar-refractivity contribution in [3.63, 3.8) is 0 Å². The monoisotopic (exact) mass is 390 g/mol. The molecule has 0 radical (unpaired) electrons. The van der Waals surface area contributed by atoms with Crippen molar-refractivity contribution in [2.45, 2.75) is 7.43 Å². The summed E-state index contributed by atoms with van der Waals surface area (Å²) in [5.41, 5.74) is 5.28. The zero-order valence-electron chi connectivity index (χ0n) is 15.7. The molecule has 4 nitrogen and oxygen atoms in total. The van der Waals surface area contributed by atoms with Crippen LogP contribution in [-0.4, -0.2) is 19.7 Å². The molecule has 0 aliphatic carbocycles. The van der Waals surface area contributed by atoms with Crippen LogP contribution in [0.3, 0.4) is 0 Å². The van der Waals surface area contributed by atoms with Crippen LogP contribution in [0.15, 0.2) is 109 Å². The number of hydrogen-bond acceptors (Lipinski definition) is 3. The molecule has 0 fully saturated rings. The Morgan fingerprint density at radius 2 is 1.03 bits per heavy atom. The van der Waals surface area contributed by atoms with Crippen LogP contribution in [0.5, 0.6) is 0 Å². The molecule has 0 atom stereocenters. The van der Waals surface area contributed by atoms with E-state index in [4.69, 9.17) is 0 Å². The topological polar surface area (TPSA) is 43.6 Å². The van der Waals surface area contributed by atoms with E-state index >= 15 is 0 Å². The summed E-state index contributed by atoms with van der Waals surface area (Å²) < 4.78 is 2.11. The van der Waals surface area contributed by atoms with Crippen molar-refractivity contribution in [2.24, 2.45) is 0 Å². The summed E-state index contributed by atoms with van der Waals surface area (Å²) in [6.07, 6.45) is 3.66. The molecule has 5 aromatic rings. The highest BCUT2D eigenvalue weighted by molar-refractivity contribution is 5.69. The smallest absolute Gasteiger partial charge is 0.168 e. The molecule has 0 aliphatic heterocycles. The molecule has 0 saturated heterocycles. The van der Waals surface area contributed by atoms with E-state index in [1.807, 2.05) is 48.7 Å². The van der Waals surface area contributed by atoms with Gasteiger partial charge in [0.2, 0.25) is 0 Å². The average Bonchev–Trinajstić information content (AvgIpc) is 3.26. The molecule has 0 unspecified atom stereocenters. The third kappa shape index (κ3) is 3.63. The van der Waals surface area contributed by atoms with Gasteiger partial charge in [0.25, 0.3) is 0 Å². The maximum atomic E-state index is 4.52. The van der Waals surface area contributed by atoms with Gasteiger partial charge in [-0.05, 0) is 29.3 Å². The maximum absolute atomic E-state index is 4.52. The molecular weight excluding hydrogens is 368 g/mol. The lowest BCUT2D eigenvalue weighted by Crippen LogP contribution is -2.00. The lowest BCUT2D eigenvalue weighted by atomic mass is 10.1. The molecule has 5 rings (SSSR count). The second kappa shape index (κ2) is 8.53. The molecule has 0 bridgehead atoms. The molecule has 2 aromatic heterocycles. The quantitative estimate of drug-likeness (QED) is 0.362. The summed E-state index contributed by atoms with van der Waals surface area (Å²) in [6, 6.07) is 32.7. The van der Waals surface area contributed by atoms with Crippen molar-refractivity contribution >= 4 is 0 Å². The Hall–Kier alpha value is -4.05. The number of aromatic nitrogens is 4. The minimum Gasteiger partial charge on any atom is -0.275 e. The highest BCUT2D eigenvalue weighted by Crippen LogP contribution is 2.29. The molecule has 2 heterocycles. The Kier molecular flexibility index (Phi) is 5.48. The first-order valence-electron chi connectivity index (χ1n) is 9.47. The van der Waals surface area contributed by atoms with Crippen LogP contribution in [0.1, 0.15) is 7.43 Å². The zero-order valence-corrected chi connectivity index (χ0v) is 15.7. The van der Waals surface area contributed by atoms with E-state index in [2.05, 4.69) is 74.3 Å². The molecule has 0 amide bonds. The Labute approximate surface area is 176 Å². The van der Waals surface area contributed by atoms with Gasteiger partial charge in [0.1, 0.15) is 0 Å². The van der Waals surface area contributed by atoms with Gasteiger partial charge < -0.3 is 0 Å². The van der Waals surface area contributed by atoms with Gasteiger partial charge in [-0.25, -0.2) is 0 Å². The summed E-state index contributed by atoms with van der Waals surface area (Å²) in [4.78, 5) is 4.22. The molecule has 146 valence electrons. The normalized spacial score (nSPS) is 10.4. The minimum absolute atomic E-state index is 0. The summed E-state index contributed by atoms with van der Waals surface area (Å²) in [5.74, 6) is 1.64. The van der Waals surface area contributed by atoms with Crippen molar-refractivity contribution in [3.8, 4) is 39.6 Å². The Morgan fingerprint density at radius 3 is 1.53 bits per heavy atom. The highest BCUT2D eigenvalue weighted by Gasteiger charge is 2.16. The van der Waals surface area contributed by atoms with Crippen molar-refractivity contribution < 1.29 is 0 Å². The minimum atomic E-state index is 0. The van der Waals surface area contributed by atoms with Gasteiger partial charge >= 0.3 is 0 Å². The van der Waals surface area contributed by atoms with Gasteiger partial charge in [-0.2, -0.15) is 0 Å². The van der Waals surface area contributed by atoms with Crippen LogP contribution in [0, 0.1) is 0 Å². The van der Waals surface area contributed by atoms with Crippen molar-refractivity contribution in [1.29, 1.82) is 0 Å². The first-order valence-corrected chi connectivity index (χ1v) is 9.47. The van der Waals surface area contributed by atoms with E-state index in [-0.39, 0.29) is 7.43 Å². The lowest BCUT2D eigenvalue weighted by Gasteiger charge is -2.12. The van der Waals surface area contributed by atoms with Crippen LogP contribution in [0.2, 0.25) is 0 Å². The summed E-state index contributed by atoms with van der Waals surface area (Å²) >= 11 is 0. The lowest BCUT2D eigenvalue weighted by molar-refractivity contribution is 1.07. The maximum Gasteiger partial charge on any atom is 0.168 e. The third-order valence-electron chi connectivity index (χ3n) is 4.85. The third-order valence-corrected chi connectivity index (χ3v) is 4.85. The van der Waals surface area contributed by atoms with Gasteiger partial charge in [0.15, 0.2) is 11.6 Å². The SMILES string of the molecule is C.c1ccc(-c2nnc(-c3ccccc3)n2-c2ccc(-c3cccnc3)cc2)cc1. The second-order valence-electron chi connectivity index (χ2n) is 6.70. The van der Waals surface area contributed by atoms with Crippen LogP contribution >= 0.6 is 0 Å². The first-order chi connectivity index (χ1) is 14.4. The number of benzene rings is 3. The standard InChI is InChI=1S/C25H18N4.CH4/c1-3-8-20(9-4-1)24-27-28-25(21-10-5-2-6-11-21)29(24)23-15-13-19(14-16-23)22-12-7-17-26-18-22;/h1-18H;1H4. The summed E-state index contributed by atoms with van der Waals surface area (Å²) in [5, 5.41) is 9.05. The summed E-state index contributed by atoms with van der Waals surface area (Å²) in [7, 11) is 0. The number of nitrogens with zero attached hydrogens (tertiary/aromatic N) is 4. The highest BCUT2D eigenvalue weighted by atomic mass is 15.3. The zero-order chi connectivity index (χ0) is 19.5. The molecule has 30 heavy (non-hydrogen) atoms. The largest absolute Gasteiger partial charge is 0.275 e. The van der Waals surface area contributed by atoms with E-state index in [1.54, 1.807) is 6.20 Å². The van der Waals surface area contributed by atoms with Crippen molar-refractivity contribution in [3.05, 3.63) is 109 Å². The van der Waals surface area contributed by atoms with E-state index in [9.17, 15) is 0 Å². The van der Waals surface area contributed by atoms with Crippen molar-refractivity contribution in [2.75, 3.05) is 0 Å². The van der Waals surface area contributed by atoms with E-state index in [1.165, 1.54) is 0 Å². The molecule has 3 aromatic carbocycles. The molecule has 0 saturated carbocycles. The summed E-state index contributed by atoms with van der Waals surface area (Å²) in [6.45, 7) is 0. The van der Waals surface area contributed by atoms with E-state index < -0.39 is 0 Å². The van der Waals surface area contributed by atoms with Crippen molar-refractivity contribution in [1.82, 2.24) is 19.7 Å². The van der Waals surface area contributed by atoms with Gasteiger partial charge in [0.05, 0.1) is 0 Å². The molecule has 0 N–H and O–H groups in total. The van der Waals surface area contributed by atoms with Crippen LogP contribution in [0.4, 0.5) is 0 Å². The predicted molar refractivity (Wildman–Crippen MR) is 122 cm³/mol. The van der Waals surface area contributed by atoms with E-state index in [0.717, 1.165) is 39.6 Å². The Balaban J connectivity index is 0.00000218. The number of pyridine rings is 1. The second-order valence-corrected chi connectivity index (χ2v) is 6.70. The predicted octanol–water partition coefficient (Wildman–Crippen LogP) is 6.30. The fourth-order valence-corrected chi connectivity index (χ4v) is 3.41. The Morgan fingerprint density at radius 1 is 0.500 bits per heavy atom. The number of rotatable bonds is 4. The van der Waals surface area contributed by atoms with Crippen LogP contribution < -0.4 is 0 Å².